The van der Waals surface area contributed by atoms with Crippen LogP contribution in [0, 0.1) is 0 Å². The first-order valence-corrected chi connectivity index (χ1v) is 9.86. The van der Waals surface area contributed by atoms with Gasteiger partial charge in [0.2, 0.25) is 0 Å². The van der Waals surface area contributed by atoms with Gasteiger partial charge in [-0.15, -0.1) is 0 Å². The number of rotatable bonds is 8. The van der Waals surface area contributed by atoms with Crippen LogP contribution in [0.3, 0.4) is 0 Å². The fourth-order valence-corrected chi connectivity index (χ4v) is 4.95. The van der Waals surface area contributed by atoms with E-state index in [1.807, 2.05) is 0 Å². The van der Waals surface area contributed by atoms with E-state index in [0.29, 0.717) is 0 Å². The quantitative estimate of drug-likeness (QED) is 0.468. The summed E-state index contributed by atoms with van der Waals surface area (Å²) in [5, 5.41) is 24.0. The molecule has 0 aromatic heterocycles. The number of aliphatic hydroxyl groups is 3. The van der Waals surface area contributed by atoms with Crippen molar-refractivity contribution in [3.05, 3.63) is 0 Å². The first-order valence-electron chi connectivity index (χ1n) is 5.83. The summed E-state index contributed by atoms with van der Waals surface area (Å²) in [7, 11) is 0. The Bertz CT molecular complexity index is 91.8. The zero-order valence-electron chi connectivity index (χ0n) is 10.1. The van der Waals surface area contributed by atoms with Crippen LogP contribution in [0.25, 0.3) is 0 Å². The molecule has 0 spiro atoms. The van der Waals surface area contributed by atoms with Gasteiger partial charge in [-0.1, -0.05) is 0 Å². The third kappa shape index (κ3) is 20.7. The molecule has 3 N–H and O–H groups in total. The molecule has 0 aliphatic rings. The van der Waals surface area contributed by atoms with Gasteiger partial charge in [0.05, 0.1) is 13.2 Å². The Morgan fingerprint density at radius 3 is 1.53 bits per heavy atom. The number of hydrogen-bond donors (Lipinski definition) is 3. The molecule has 0 bridgehead atoms. The van der Waals surface area contributed by atoms with Crippen molar-refractivity contribution in [2.24, 2.45) is 0 Å². The monoisotopic (exact) mass is 326 g/mol. The van der Waals surface area contributed by atoms with E-state index < -0.39 is 6.10 Å². The van der Waals surface area contributed by atoms with E-state index in [1.54, 1.807) is 8.87 Å². The molecule has 0 aliphatic carbocycles. The van der Waals surface area contributed by atoms with Crippen LogP contribution < -0.4 is 0 Å². The van der Waals surface area contributed by atoms with Gasteiger partial charge in [-0.25, -0.2) is 0 Å². The average molecular weight is 325 g/mol. The van der Waals surface area contributed by atoms with E-state index in [0.717, 1.165) is 0 Å². The summed E-state index contributed by atoms with van der Waals surface area (Å²) < 4.78 is 3.25. The Balaban J connectivity index is 0. The minimum absolute atomic E-state index is 0.149. The van der Waals surface area contributed by atoms with Crippen molar-refractivity contribution in [1.29, 1.82) is 0 Å². The van der Waals surface area contributed by atoms with Gasteiger partial charge in [-0.2, -0.15) is 0 Å². The molecule has 0 aromatic carbocycles. The Kier molecular flexibility index (Phi) is 20.6. The maximum absolute atomic E-state index is 8.17. The molecule has 0 saturated heterocycles. The van der Waals surface area contributed by atoms with Gasteiger partial charge in [-0.05, 0) is 0 Å². The van der Waals surface area contributed by atoms with E-state index in [-0.39, 0.29) is 34.4 Å². The zero-order valence-corrected chi connectivity index (χ0v) is 12.9. The number of unbranched alkanes of at least 4 members (excludes halogenated alkanes) is 2. The Labute approximate surface area is 104 Å². The summed E-state index contributed by atoms with van der Waals surface area (Å²) in [6.45, 7) is 3.85. The largest absolute Gasteiger partial charge is 0.394 e. The predicted molar refractivity (Wildman–Crippen MR) is 65.4 cm³/mol. The molecule has 0 amide bonds. The van der Waals surface area contributed by atoms with E-state index in [2.05, 4.69) is 13.8 Å². The predicted octanol–water partition coefficient (Wildman–Crippen LogP) is 1.46. The normalized spacial score (nSPS) is 10.0. The van der Waals surface area contributed by atoms with Gasteiger partial charge >= 0.3 is 69.5 Å². The fraction of sp³-hybridized carbons (Fsp3) is 1.00. The van der Waals surface area contributed by atoms with Crippen LogP contribution in [-0.4, -0.2) is 55.8 Å². The summed E-state index contributed by atoms with van der Waals surface area (Å²) in [5.74, 6) is 0. The molecule has 0 aromatic rings. The molecule has 0 saturated carbocycles. The standard InChI is InChI=1S/2C4H9.C3H8O3.Sn/c2*1-3-4-2;4-1-3(6)2-5;/h2*1,3-4H2,2H3;3-6H,1-2H2;. The topological polar surface area (TPSA) is 60.7 Å². The van der Waals surface area contributed by atoms with Gasteiger partial charge in [-0.3, -0.25) is 0 Å². The van der Waals surface area contributed by atoms with Gasteiger partial charge in [0, 0.05) is 0 Å². The van der Waals surface area contributed by atoms with Gasteiger partial charge in [0.1, 0.15) is 6.10 Å². The third-order valence-electron chi connectivity index (χ3n) is 1.84. The first kappa shape index (κ1) is 18.1. The summed E-state index contributed by atoms with van der Waals surface area (Å²) in [4.78, 5) is 0. The van der Waals surface area contributed by atoms with Crippen LogP contribution in [0.5, 0.6) is 0 Å². The molecule has 0 aliphatic heterocycles. The van der Waals surface area contributed by atoms with E-state index >= 15 is 0 Å². The average Bonchev–Trinajstić information content (AvgIpc) is 2.29. The Morgan fingerprint density at radius 2 is 1.33 bits per heavy atom. The van der Waals surface area contributed by atoms with Crippen LogP contribution in [0.1, 0.15) is 39.5 Å². The van der Waals surface area contributed by atoms with Crippen molar-refractivity contribution in [3.8, 4) is 0 Å². The van der Waals surface area contributed by atoms with Gasteiger partial charge in [0.15, 0.2) is 0 Å². The minimum atomic E-state index is -0.954. The van der Waals surface area contributed by atoms with Crippen LogP contribution in [-0.2, 0) is 0 Å². The molecule has 0 atom stereocenters. The van der Waals surface area contributed by atoms with E-state index in [9.17, 15) is 0 Å². The second kappa shape index (κ2) is 17.1. The van der Waals surface area contributed by atoms with Crippen LogP contribution >= 0.6 is 0 Å². The van der Waals surface area contributed by atoms with Crippen LogP contribution in [0.4, 0.5) is 0 Å². The number of hydrogen-bond acceptors (Lipinski definition) is 3. The van der Waals surface area contributed by atoms with Crippen molar-refractivity contribution in [3.63, 3.8) is 0 Å². The van der Waals surface area contributed by atoms with E-state index in [1.165, 1.54) is 25.7 Å². The van der Waals surface area contributed by atoms with Crippen molar-refractivity contribution < 1.29 is 15.3 Å². The summed E-state index contributed by atoms with van der Waals surface area (Å²) >= 11 is 0.149. The maximum atomic E-state index is 8.17. The van der Waals surface area contributed by atoms with Crippen molar-refractivity contribution >= 4 is 21.1 Å². The molecular formula is C11H26O3Sn. The molecule has 4 heteroatoms. The molecule has 92 valence electrons. The molecule has 0 fully saturated rings. The minimum Gasteiger partial charge on any atom is -0.394 e. The summed E-state index contributed by atoms with van der Waals surface area (Å²) in [5.41, 5.74) is 0. The van der Waals surface area contributed by atoms with Crippen molar-refractivity contribution in [2.45, 2.75) is 54.5 Å². The van der Waals surface area contributed by atoms with Gasteiger partial charge < -0.3 is 15.3 Å². The third-order valence-corrected chi connectivity index (χ3v) is 5.87. The zero-order chi connectivity index (χ0) is 11.9. The molecule has 0 unspecified atom stereocenters. The number of aliphatic hydroxyl groups excluding tert-OH is 3. The van der Waals surface area contributed by atoms with Crippen LogP contribution in [0.15, 0.2) is 0 Å². The molecule has 0 heterocycles. The Morgan fingerprint density at radius 1 is 0.933 bits per heavy atom. The second-order valence-electron chi connectivity index (χ2n) is 3.48. The fourth-order valence-electron chi connectivity index (χ4n) is 0.786. The molecule has 2 radical (unpaired) electrons. The van der Waals surface area contributed by atoms with Crippen LogP contribution in [0.2, 0.25) is 8.87 Å². The molecular weight excluding hydrogens is 299 g/mol. The molecule has 0 rings (SSSR count). The first-order chi connectivity index (χ1) is 7.22. The Hall–Kier alpha value is 0.679. The summed E-state index contributed by atoms with van der Waals surface area (Å²) in [6.07, 6.45) is 4.89. The molecule has 3 nitrogen and oxygen atoms in total. The maximum Gasteiger partial charge on any atom is 0.100 e. The van der Waals surface area contributed by atoms with Crippen molar-refractivity contribution in [1.82, 2.24) is 0 Å². The summed E-state index contributed by atoms with van der Waals surface area (Å²) in [6, 6.07) is 0. The smallest absolute Gasteiger partial charge is 0.100 e. The SMILES string of the molecule is CCC[CH2][Sn][CH2]CCC.OCC(O)CO. The molecule has 15 heavy (non-hydrogen) atoms. The second-order valence-corrected chi connectivity index (χ2v) is 7.76. The van der Waals surface area contributed by atoms with E-state index in [4.69, 9.17) is 15.3 Å². The van der Waals surface area contributed by atoms with Crippen molar-refractivity contribution in [2.75, 3.05) is 13.2 Å². The van der Waals surface area contributed by atoms with Gasteiger partial charge in [0.25, 0.3) is 0 Å².